The first kappa shape index (κ1) is 18.4. The van der Waals surface area contributed by atoms with Crippen LogP contribution in [0.25, 0.3) is 5.69 Å². The molecule has 1 aliphatic rings. The molecule has 2 heterocycles. The third-order valence-corrected chi connectivity index (χ3v) is 5.41. The summed E-state index contributed by atoms with van der Waals surface area (Å²) in [4.78, 5) is 26.4. The molecule has 0 radical (unpaired) electrons. The van der Waals surface area contributed by atoms with Crippen LogP contribution in [0.3, 0.4) is 0 Å². The molecule has 0 bridgehead atoms. The van der Waals surface area contributed by atoms with Crippen LogP contribution in [0.5, 0.6) is 0 Å². The maximum absolute atomic E-state index is 12.9. The van der Waals surface area contributed by atoms with Gasteiger partial charge >= 0.3 is 5.97 Å². The van der Waals surface area contributed by atoms with Crippen molar-refractivity contribution in [2.75, 3.05) is 6.54 Å². The molecule has 0 saturated heterocycles. The number of amides is 1. The van der Waals surface area contributed by atoms with Gasteiger partial charge in [-0.05, 0) is 43.3 Å². The van der Waals surface area contributed by atoms with Gasteiger partial charge in [-0.3, -0.25) is 4.79 Å². The highest BCUT2D eigenvalue weighted by Gasteiger charge is 2.30. The molecule has 0 saturated carbocycles. The van der Waals surface area contributed by atoms with Crippen molar-refractivity contribution in [2.24, 2.45) is 0 Å². The topological polar surface area (TPSA) is 75.4 Å². The molecular formula is C21H18BrN3O3. The SMILES string of the molecule is Cc1cccc(C(=O)N2CCc3c(c(C(=O)O)nn3-c3ccc(Br)cc3)C2)c1. The minimum absolute atomic E-state index is 0.000314. The lowest BCUT2D eigenvalue weighted by Gasteiger charge is -2.28. The lowest BCUT2D eigenvalue weighted by molar-refractivity contribution is 0.0674. The van der Waals surface area contributed by atoms with E-state index in [9.17, 15) is 14.7 Å². The van der Waals surface area contributed by atoms with Crippen LogP contribution in [-0.2, 0) is 13.0 Å². The van der Waals surface area contributed by atoms with E-state index < -0.39 is 5.97 Å². The van der Waals surface area contributed by atoms with Gasteiger partial charge in [0.25, 0.3) is 5.91 Å². The first-order valence-corrected chi connectivity index (χ1v) is 9.69. The van der Waals surface area contributed by atoms with Gasteiger partial charge in [-0.1, -0.05) is 33.6 Å². The van der Waals surface area contributed by atoms with Gasteiger partial charge in [0.15, 0.2) is 5.69 Å². The molecule has 0 spiro atoms. The number of halogens is 1. The van der Waals surface area contributed by atoms with E-state index in [0.717, 1.165) is 21.4 Å². The fourth-order valence-electron chi connectivity index (χ4n) is 3.52. The summed E-state index contributed by atoms with van der Waals surface area (Å²) >= 11 is 3.40. The summed E-state index contributed by atoms with van der Waals surface area (Å²) in [5, 5.41) is 14.0. The number of hydrogen-bond acceptors (Lipinski definition) is 3. The van der Waals surface area contributed by atoms with Crippen molar-refractivity contribution in [2.45, 2.75) is 19.9 Å². The maximum Gasteiger partial charge on any atom is 0.356 e. The molecule has 3 aromatic rings. The summed E-state index contributed by atoms with van der Waals surface area (Å²) < 4.78 is 2.62. The zero-order valence-electron chi connectivity index (χ0n) is 15.2. The van der Waals surface area contributed by atoms with Crippen LogP contribution in [0.15, 0.2) is 53.0 Å². The number of carbonyl (C=O) groups is 2. The number of fused-ring (bicyclic) bond motifs is 1. The molecule has 6 nitrogen and oxygen atoms in total. The smallest absolute Gasteiger partial charge is 0.356 e. The van der Waals surface area contributed by atoms with Gasteiger partial charge in [-0.25, -0.2) is 9.48 Å². The normalized spacial score (nSPS) is 13.3. The van der Waals surface area contributed by atoms with E-state index in [1.807, 2.05) is 49.4 Å². The number of rotatable bonds is 3. The molecule has 0 unspecified atom stereocenters. The lowest BCUT2D eigenvalue weighted by atomic mass is 10.0. The van der Waals surface area contributed by atoms with Gasteiger partial charge in [0.1, 0.15) is 0 Å². The Morgan fingerprint density at radius 1 is 1.14 bits per heavy atom. The number of carboxylic acids is 1. The van der Waals surface area contributed by atoms with Crippen LogP contribution >= 0.6 is 15.9 Å². The van der Waals surface area contributed by atoms with E-state index in [1.54, 1.807) is 15.6 Å². The van der Waals surface area contributed by atoms with Crippen molar-refractivity contribution < 1.29 is 14.7 Å². The minimum atomic E-state index is -1.09. The molecule has 142 valence electrons. The highest BCUT2D eigenvalue weighted by Crippen LogP contribution is 2.27. The van der Waals surface area contributed by atoms with E-state index in [1.165, 1.54) is 0 Å². The Balaban J connectivity index is 1.71. The molecule has 1 aromatic heterocycles. The predicted octanol–water partition coefficient (Wildman–Crippen LogP) is 3.84. The van der Waals surface area contributed by atoms with Crippen molar-refractivity contribution in [1.29, 1.82) is 0 Å². The second-order valence-corrected chi connectivity index (χ2v) is 7.73. The van der Waals surface area contributed by atoms with Crippen LogP contribution < -0.4 is 0 Å². The molecule has 0 fully saturated rings. The third kappa shape index (κ3) is 3.33. The summed E-state index contributed by atoms with van der Waals surface area (Å²) in [6, 6.07) is 15.0. The number of carboxylic acid groups (broad SMARTS) is 1. The van der Waals surface area contributed by atoms with Crippen molar-refractivity contribution in [3.05, 3.63) is 81.1 Å². The summed E-state index contributed by atoms with van der Waals surface area (Å²) in [5.74, 6) is -1.18. The van der Waals surface area contributed by atoms with Gasteiger partial charge in [0, 0.05) is 28.6 Å². The number of hydrogen-bond donors (Lipinski definition) is 1. The van der Waals surface area contributed by atoms with E-state index >= 15 is 0 Å². The zero-order valence-corrected chi connectivity index (χ0v) is 16.8. The quantitative estimate of drug-likeness (QED) is 0.672. The van der Waals surface area contributed by atoms with Gasteiger partial charge in [-0.2, -0.15) is 5.10 Å². The first-order chi connectivity index (χ1) is 13.4. The van der Waals surface area contributed by atoms with Crippen LogP contribution in [-0.4, -0.2) is 38.2 Å². The Labute approximate surface area is 170 Å². The van der Waals surface area contributed by atoms with Crippen molar-refractivity contribution in [3.63, 3.8) is 0 Å². The number of nitrogens with zero attached hydrogens (tertiary/aromatic N) is 3. The van der Waals surface area contributed by atoms with Crippen molar-refractivity contribution in [1.82, 2.24) is 14.7 Å². The fraction of sp³-hybridized carbons (Fsp3) is 0.190. The molecule has 0 aliphatic carbocycles. The summed E-state index contributed by atoms with van der Waals surface area (Å²) in [7, 11) is 0. The van der Waals surface area contributed by atoms with E-state index in [2.05, 4.69) is 21.0 Å². The predicted molar refractivity (Wildman–Crippen MR) is 108 cm³/mol. The number of carbonyl (C=O) groups excluding carboxylic acids is 1. The van der Waals surface area contributed by atoms with Crippen molar-refractivity contribution >= 4 is 27.8 Å². The zero-order chi connectivity index (χ0) is 19.8. The van der Waals surface area contributed by atoms with Crippen LogP contribution in [0, 0.1) is 6.92 Å². The molecule has 28 heavy (non-hydrogen) atoms. The second-order valence-electron chi connectivity index (χ2n) is 6.81. The van der Waals surface area contributed by atoms with E-state index in [4.69, 9.17) is 0 Å². The Bertz CT molecular complexity index is 1070. The molecular weight excluding hydrogens is 422 g/mol. The van der Waals surface area contributed by atoms with Gasteiger partial charge < -0.3 is 10.0 Å². The number of aryl methyl sites for hydroxylation is 1. The molecule has 7 heteroatoms. The Morgan fingerprint density at radius 3 is 2.57 bits per heavy atom. The second kappa shape index (κ2) is 7.24. The number of aromatic carboxylic acids is 1. The Kier molecular flexibility index (Phi) is 4.77. The van der Waals surface area contributed by atoms with Crippen LogP contribution in [0.4, 0.5) is 0 Å². The lowest BCUT2D eigenvalue weighted by Crippen LogP contribution is -2.36. The molecule has 1 amide bonds. The average Bonchev–Trinajstić information content (AvgIpc) is 3.07. The van der Waals surface area contributed by atoms with Gasteiger partial charge in [0.05, 0.1) is 17.9 Å². The summed E-state index contributed by atoms with van der Waals surface area (Å²) in [6.45, 7) is 2.69. The van der Waals surface area contributed by atoms with Crippen LogP contribution in [0.2, 0.25) is 0 Å². The highest BCUT2D eigenvalue weighted by molar-refractivity contribution is 9.10. The largest absolute Gasteiger partial charge is 0.476 e. The van der Waals surface area contributed by atoms with E-state index in [-0.39, 0.29) is 18.1 Å². The Hall–Kier alpha value is -2.93. The fourth-order valence-corrected chi connectivity index (χ4v) is 3.78. The summed E-state index contributed by atoms with van der Waals surface area (Å²) in [6.07, 6.45) is 0.545. The minimum Gasteiger partial charge on any atom is -0.476 e. The van der Waals surface area contributed by atoms with Crippen molar-refractivity contribution in [3.8, 4) is 5.69 Å². The van der Waals surface area contributed by atoms with E-state index in [0.29, 0.717) is 24.1 Å². The molecule has 0 atom stereocenters. The molecule has 1 N–H and O–H groups in total. The Morgan fingerprint density at radius 2 is 1.89 bits per heavy atom. The molecule has 4 rings (SSSR count). The molecule has 1 aliphatic heterocycles. The monoisotopic (exact) mass is 439 g/mol. The molecule has 2 aromatic carbocycles. The highest BCUT2D eigenvalue weighted by atomic mass is 79.9. The van der Waals surface area contributed by atoms with Crippen LogP contribution in [0.1, 0.15) is 37.7 Å². The number of aromatic nitrogens is 2. The maximum atomic E-state index is 12.9. The third-order valence-electron chi connectivity index (χ3n) is 4.88. The van der Waals surface area contributed by atoms with Gasteiger partial charge in [-0.15, -0.1) is 0 Å². The first-order valence-electron chi connectivity index (χ1n) is 8.90. The number of benzene rings is 2. The van der Waals surface area contributed by atoms with Gasteiger partial charge in [0.2, 0.25) is 0 Å². The average molecular weight is 440 g/mol. The standard InChI is InChI=1S/C21H18BrN3O3/c1-13-3-2-4-14(11-13)20(26)24-10-9-18-17(12-24)19(21(27)28)23-25(18)16-7-5-15(22)6-8-16/h2-8,11H,9-10,12H2,1H3,(H,27,28). The summed E-state index contributed by atoms with van der Waals surface area (Å²) in [5.41, 5.74) is 3.86.